The summed E-state index contributed by atoms with van der Waals surface area (Å²) in [6.07, 6.45) is 0.713. The van der Waals surface area contributed by atoms with Gasteiger partial charge >= 0.3 is 5.97 Å². The Kier molecular flexibility index (Phi) is 7.76. The number of carbonyl (C=O) groups excluding carboxylic acids is 1. The predicted octanol–water partition coefficient (Wildman–Crippen LogP) is 1.76. The van der Waals surface area contributed by atoms with Crippen molar-refractivity contribution in [2.45, 2.75) is 25.5 Å². The van der Waals surface area contributed by atoms with Crippen LogP contribution >= 0.6 is 0 Å². The minimum absolute atomic E-state index is 0.0655. The normalized spacial score (nSPS) is 13.0. The first kappa shape index (κ1) is 18.6. The van der Waals surface area contributed by atoms with E-state index in [0.29, 0.717) is 0 Å². The fourth-order valence-corrected chi connectivity index (χ4v) is 1.72. The highest BCUT2D eigenvalue weighted by molar-refractivity contribution is 5.86. The maximum atomic E-state index is 13.6. The van der Waals surface area contributed by atoms with E-state index in [-0.39, 0.29) is 25.4 Å². The van der Waals surface area contributed by atoms with Crippen LogP contribution in [0.2, 0.25) is 0 Å². The van der Waals surface area contributed by atoms with Crippen LogP contribution in [0.4, 0.5) is 4.39 Å². The summed E-state index contributed by atoms with van der Waals surface area (Å²) < 4.78 is 23.9. The first-order valence-corrected chi connectivity index (χ1v) is 7.12. The number of para-hydroxylation sites is 1. The van der Waals surface area contributed by atoms with E-state index in [1.165, 1.54) is 24.3 Å². The van der Waals surface area contributed by atoms with E-state index in [4.69, 9.17) is 14.6 Å². The van der Waals surface area contributed by atoms with Gasteiger partial charge in [0.1, 0.15) is 0 Å². The van der Waals surface area contributed by atoms with E-state index < -0.39 is 29.8 Å². The standard InChI is InChI=1S/C16H20FNO5/c1-3-9-22-10-12(16(20)21)18-15(19)13(4-2)23-14-8-6-5-7-11(14)17/h3,5-8,12-13H,1,4,9-10H2,2H3,(H,18,19)(H,20,21). The number of carboxylic acids is 1. The molecular weight excluding hydrogens is 305 g/mol. The molecule has 6 nitrogen and oxygen atoms in total. The molecule has 0 aliphatic carbocycles. The summed E-state index contributed by atoms with van der Waals surface area (Å²) in [5.41, 5.74) is 0. The van der Waals surface area contributed by atoms with E-state index in [2.05, 4.69) is 11.9 Å². The molecule has 1 aromatic carbocycles. The maximum Gasteiger partial charge on any atom is 0.328 e. The molecule has 0 fully saturated rings. The molecule has 0 aromatic heterocycles. The molecule has 2 atom stereocenters. The van der Waals surface area contributed by atoms with Gasteiger partial charge in [0.25, 0.3) is 5.91 Å². The molecule has 2 unspecified atom stereocenters. The van der Waals surface area contributed by atoms with Crippen LogP contribution in [0, 0.1) is 5.82 Å². The van der Waals surface area contributed by atoms with E-state index >= 15 is 0 Å². The van der Waals surface area contributed by atoms with Crippen molar-refractivity contribution in [1.29, 1.82) is 0 Å². The minimum Gasteiger partial charge on any atom is -0.480 e. The average Bonchev–Trinajstić information content (AvgIpc) is 2.53. The molecule has 0 radical (unpaired) electrons. The van der Waals surface area contributed by atoms with E-state index in [1.54, 1.807) is 13.0 Å². The molecule has 7 heteroatoms. The highest BCUT2D eigenvalue weighted by Gasteiger charge is 2.26. The molecular formula is C16H20FNO5. The van der Waals surface area contributed by atoms with Crippen molar-refractivity contribution in [1.82, 2.24) is 5.32 Å². The molecule has 0 bridgehead atoms. The van der Waals surface area contributed by atoms with Crippen LogP contribution in [0.3, 0.4) is 0 Å². The van der Waals surface area contributed by atoms with E-state index in [0.717, 1.165) is 0 Å². The number of halogens is 1. The molecule has 1 rings (SSSR count). The smallest absolute Gasteiger partial charge is 0.328 e. The van der Waals surface area contributed by atoms with Gasteiger partial charge < -0.3 is 19.9 Å². The average molecular weight is 325 g/mol. The van der Waals surface area contributed by atoms with Crippen LogP contribution in [-0.2, 0) is 14.3 Å². The SMILES string of the molecule is C=CCOCC(NC(=O)C(CC)Oc1ccccc1F)C(=O)O. The molecule has 0 saturated heterocycles. The van der Waals surface area contributed by atoms with E-state index in [1.807, 2.05) is 0 Å². The number of ether oxygens (including phenoxy) is 2. The lowest BCUT2D eigenvalue weighted by Gasteiger charge is -2.20. The van der Waals surface area contributed by atoms with E-state index in [9.17, 15) is 14.0 Å². The monoisotopic (exact) mass is 325 g/mol. The number of hydrogen-bond donors (Lipinski definition) is 2. The quantitative estimate of drug-likeness (QED) is 0.506. The molecule has 126 valence electrons. The second-order valence-corrected chi connectivity index (χ2v) is 4.67. The van der Waals surface area contributed by atoms with Gasteiger partial charge in [-0.25, -0.2) is 9.18 Å². The molecule has 2 N–H and O–H groups in total. The molecule has 1 amide bonds. The van der Waals surface area contributed by atoms with Gasteiger partial charge in [-0.15, -0.1) is 6.58 Å². The molecule has 0 spiro atoms. The fourth-order valence-electron chi connectivity index (χ4n) is 1.72. The number of hydrogen-bond acceptors (Lipinski definition) is 4. The summed E-state index contributed by atoms with van der Waals surface area (Å²) in [7, 11) is 0. The Morgan fingerprint density at radius 3 is 2.70 bits per heavy atom. The van der Waals surface area contributed by atoms with Crippen molar-refractivity contribution >= 4 is 11.9 Å². The number of benzene rings is 1. The number of carbonyl (C=O) groups is 2. The summed E-state index contributed by atoms with van der Waals surface area (Å²) in [4.78, 5) is 23.3. The second kappa shape index (κ2) is 9.58. The van der Waals surface area contributed by atoms with Gasteiger partial charge in [0, 0.05) is 0 Å². The zero-order chi connectivity index (χ0) is 17.2. The van der Waals surface area contributed by atoms with Crippen molar-refractivity contribution in [3.05, 3.63) is 42.7 Å². The summed E-state index contributed by atoms with van der Waals surface area (Å²) >= 11 is 0. The highest BCUT2D eigenvalue weighted by Crippen LogP contribution is 2.18. The van der Waals surface area contributed by atoms with Crippen molar-refractivity contribution in [2.75, 3.05) is 13.2 Å². The van der Waals surface area contributed by atoms with Gasteiger partial charge in [-0.1, -0.05) is 25.1 Å². The topological polar surface area (TPSA) is 84.9 Å². The molecule has 1 aromatic rings. The first-order chi connectivity index (χ1) is 11.0. The number of rotatable bonds is 10. The Morgan fingerprint density at radius 1 is 1.43 bits per heavy atom. The molecule has 23 heavy (non-hydrogen) atoms. The zero-order valence-corrected chi connectivity index (χ0v) is 12.8. The van der Waals surface area contributed by atoms with Gasteiger partial charge in [0.15, 0.2) is 23.7 Å². The van der Waals surface area contributed by atoms with Crippen LogP contribution < -0.4 is 10.1 Å². The lowest BCUT2D eigenvalue weighted by molar-refractivity contribution is -0.144. The van der Waals surface area contributed by atoms with Crippen LogP contribution in [-0.4, -0.2) is 42.3 Å². The third-order valence-corrected chi connectivity index (χ3v) is 2.90. The number of aliphatic carboxylic acids is 1. The van der Waals surface area contributed by atoms with Crippen LogP contribution in [0.1, 0.15) is 13.3 Å². The Bertz CT molecular complexity index is 549. The lowest BCUT2D eigenvalue weighted by atomic mass is 10.2. The van der Waals surface area contributed by atoms with Crippen molar-refractivity contribution in [2.24, 2.45) is 0 Å². The maximum absolute atomic E-state index is 13.6. The Balaban J connectivity index is 2.69. The number of carboxylic acid groups (broad SMARTS) is 1. The Hall–Kier alpha value is -2.41. The number of amides is 1. The zero-order valence-electron chi connectivity index (χ0n) is 12.8. The summed E-state index contributed by atoms with van der Waals surface area (Å²) in [5.74, 6) is -2.54. The third kappa shape index (κ3) is 6.07. The van der Waals surface area contributed by atoms with Gasteiger partial charge in [-0.3, -0.25) is 4.79 Å². The Morgan fingerprint density at radius 2 is 2.13 bits per heavy atom. The van der Waals surface area contributed by atoms with Gasteiger partial charge in [0.05, 0.1) is 13.2 Å². The van der Waals surface area contributed by atoms with Crippen LogP contribution in [0.5, 0.6) is 5.75 Å². The van der Waals surface area contributed by atoms with Gasteiger partial charge in [0.2, 0.25) is 0 Å². The first-order valence-electron chi connectivity index (χ1n) is 7.12. The largest absolute Gasteiger partial charge is 0.480 e. The predicted molar refractivity (Wildman–Crippen MR) is 81.7 cm³/mol. The molecule has 0 heterocycles. The van der Waals surface area contributed by atoms with Crippen molar-refractivity contribution in [3.8, 4) is 5.75 Å². The fraction of sp³-hybridized carbons (Fsp3) is 0.375. The molecule has 0 aliphatic heterocycles. The van der Waals surface area contributed by atoms with Crippen molar-refractivity contribution in [3.63, 3.8) is 0 Å². The second-order valence-electron chi connectivity index (χ2n) is 4.67. The van der Waals surface area contributed by atoms with Gasteiger partial charge in [-0.05, 0) is 18.6 Å². The highest BCUT2D eigenvalue weighted by atomic mass is 19.1. The summed E-state index contributed by atoms with van der Waals surface area (Å²) in [5, 5.41) is 11.4. The van der Waals surface area contributed by atoms with Crippen LogP contribution in [0.25, 0.3) is 0 Å². The van der Waals surface area contributed by atoms with Crippen molar-refractivity contribution < 1.29 is 28.6 Å². The summed E-state index contributed by atoms with van der Waals surface area (Å²) in [6, 6.07) is 4.46. The molecule has 0 saturated carbocycles. The number of nitrogens with one attached hydrogen (secondary N) is 1. The summed E-state index contributed by atoms with van der Waals surface area (Å²) in [6.45, 7) is 5.08. The van der Waals surface area contributed by atoms with Crippen LogP contribution in [0.15, 0.2) is 36.9 Å². The Labute approximate surface area is 133 Å². The van der Waals surface area contributed by atoms with Gasteiger partial charge in [-0.2, -0.15) is 0 Å². The lowest BCUT2D eigenvalue weighted by Crippen LogP contribution is -2.49. The minimum atomic E-state index is -1.23. The third-order valence-electron chi connectivity index (χ3n) is 2.90. The molecule has 0 aliphatic rings.